The first-order valence-electron chi connectivity index (χ1n) is 9.67. The van der Waals surface area contributed by atoms with Gasteiger partial charge in [0.15, 0.2) is 11.7 Å². The first kappa shape index (κ1) is 22.9. The largest absolute Gasteiger partial charge is 0.434 e. The van der Waals surface area contributed by atoms with Gasteiger partial charge >= 0.3 is 6.18 Å². The van der Waals surface area contributed by atoms with Gasteiger partial charge in [0.05, 0.1) is 6.54 Å². The van der Waals surface area contributed by atoms with Gasteiger partial charge in [0.25, 0.3) is 0 Å². The molecule has 10 heteroatoms. The Bertz CT molecular complexity index is 623. The van der Waals surface area contributed by atoms with Crippen LogP contribution < -0.4 is 10.6 Å². The number of nitrogens with one attached hydrogen (secondary N) is 2. The van der Waals surface area contributed by atoms with Crippen LogP contribution in [0.15, 0.2) is 10.4 Å². The fraction of sp³-hybridized carbons (Fsp3) is 0.778. The Hall–Kier alpha value is -1.39. The Balaban J connectivity index is 1.96. The highest BCUT2D eigenvalue weighted by atomic mass is 32.1. The van der Waals surface area contributed by atoms with Gasteiger partial charge < -0.3 is 15.5 Å². The van der Waals surface area contributed by atoms with E-state index in [0.29, 0.717) is 29.5 Å². The summed E-state index contributed by atoms with van der Waals surface area (Å²) in [5, 5.41) is 7.90. The maximum Gasteiger partial charge on any atom is 0.434 e. The molecule has 1 aromatic heterocycles. The smallest absolute Gasteiger partial charge is 0.357 e. The number of piperazine rings is 1. The molecule has 1 aliphatic rings. The van der Waals surface area contributed by atoms with Gasteiger partial charge in [-0.05, 0) is 19.9 Å². The Morgan fingerprint density at radius 1 is 1.25 bits per heavy atom. The fourth-order valence-electron chi connectivity index (χ4n) is 3.14. The van der Waals surface area contributed by atoms with Crippen molar-refractivity contribution in [1.29, 1.82) is 0 Å². The zero-order valence-electron chi connectivity index (χ0n) is 17.0. The SMILES string of the molecule is CCNC(=NCc1nc(C(F)(F)F)cs1)NCC(C(C)C)N1CCN(C)CC1. The molecule has 0 amide bonds. The van der Waals surface area contributed by atoms with Crippen LogP contribution in [0.4, 0.5) is 13.2 Å². The van der Waals surface area contributed by atoms with Gasteiger partial charge in [-0.1, -0.05) is 13.8 Å². The third-order valence-electron chi connectivity index (χ3n) is 4.81. The molecule has 1 atom stereocenters. The topological polar surface area (TPSA) is 55.8 Å². The van der Waals surface area contributed by atoms with Gasteiger partial charge in [-0.2, -0.15) is 13.2 Å². The van der Waals surface area contributed by atoms with E-state index in [0.717, 1.165) is 49.4 Å². The van der Waals surface area contributed by atoms with Crippen LogP contribution in [0.25, 0.3) is 0 Å². The number of aromatic nitrogens is 1. The number of halogens is 3. The molecular formula is C18H31F3N6S. The Morgan fingerprint density at radius 3 is 2.46 bits per heavy atom. The molecule has 6 nitrogen and oxygen atoms in total. The third kappa shape index (κ3) is 6.89. The monoisotopic (exact) mass is 420 g/mol. The minimum atomic E-state index is -4.41. The number of guanidine groups is 1. The summed E-state index contributed by atoms with van der Waals surface area (Å²) < 4.78 is 38.0. The van der Waals surface area contributed by atoms with Gasteiger partial charge in [0.2, 0.25) is 0 Å². The second kappa shape index (κ2) is 10.4. The van der Waals surface area contributed by atoms with E-state index in [1.54, 1.807) is 0 Å². The molecule has 2 rings (SSSR count). The van der Waals surface area contributed by atoms with Crippen molar-refractivity contribution in [2.45, 2.75) is 39.5 Å². The lowest BCUT2D eigenvalue weighted by Crippen LogP contribution is -2.55. The van der Waals surface area contributed by atoms with Crippen molar-refractivity contribution in [3.8, 4) is 0 Å². The number of likely N-dealkylation sites (N-methyl/N-ethyl adjacent to an activating group) is 1. The van der Waals surface area contributed by atoms with Gasteiger partial charge in [-0.15, -0.1) is 11.3 Å². The van der Waals surface area contributed by atoms with E-state index in [1.807, 2.05) is 6.92 Å². The van der Waals surface area contributed by atoms with Gasteiger partial charge in [-0.3, -0.25) is 4.90 Å². The Morgan fingerprint density at radius 2 is 1.93 bits per heavy atom. The highest BCUT2D eigenvalue weighted by Gasteiger charge is 2.33. The molecule has 1 saturated heterocycles. The quantitative estimate of drug-likeness (QED) is 0.524. The Kier molecular flexibility index (Phi) is 8.51. The molecule has 0 spiro atoms. The van der Waals surface area contributed by atoms with Crippen LogP contribution in [0, 0.1) is 5.92 Å². The number of aliphatic imine (C=N–C) groups is 1. The van der Waals surface area contributed by atoms with Gasteiger partial charge in [0.1, 0.15) is 5.01 Å². The van der Waals surface area contributed by atoms with Gasteiger partial charge in [0, 0.05) is 50.7 Å². The van der Waals surface area contributed by atoms with Crippen molar-refractivity contribution >= 4 is 17.3 Å². The summed E-state index contributed by atoms with van der Waals surface area (Å²) in [6, 6.07) is 0.370. The molecule has 0 saturated carbocycles. The molecular weight excluding hydrogens is 389 g/mol. The van der Waals surface area contributed by atoms with Crippen molar-refractivity contribution < 1.29 is 13.2 Å². The molecule has 28 heavy (non-hydrogen) atoms. The van der Waals surface area contributed by atoms with Crippen LogP contribution >= 0.6 is 11.3 Å². The number of rotatable bonds is 7. The van der Waals surface area contributed by atoms with Crippen LogP contribution in [0.3, 0.4) is 0 Å². The number of nitrogens with zero attached hydrogens (tertiary/aromatic N) is 4. The molecule has 2 N–H and O–H groups in total. The van der Waals surface area contributed by atoms with Crippen LogP contribution in [0.5, 0.6) is 0 Å². The summed E-state index contributed by atoms with van der Waals surface area (Å²) in [6.07, 6.45) is -4.41. The molecule has 0 aliphatic carbocycles. The zero-order chi connectivity index (χ0) is 20.7. The summed E-state index contributed by atoms with van der Waals surface area (Å²) in [5.74, 6) is 1.08. The number of thiazole rings is 1. The van der Waals surface area contributed by atoms with Crippen LogP contribution in [-0.2, 0) is 12.7 Å². The highest BCUT2D eigenvalue weighted by molar-refractivity contribution is 7.09. The highest BCUT2D eigenvalue weighted by Crippen LogP contribution is 2.30. The van der Waals surface area contributed by atoms with Crippen molar-refractivity contribution in [1.82, 2.24) is 25.4 Å². The molecule has 1 unspecified atom stereocenters. The molecule has 2 heterocycles. The van der Waals surface area contributed by atoms with Crippen LogP contribution in [0.2, 0.25) is 0 Å². The summed E-state index contributed by atoms with van der Waals surface area (Å²) in [6.45, 7) is 12.1. The molecule has 0 radical (unpaired) electrons. The van der Waals surface area contributed by atoms with Crippen molar-refractivity contribution in [2.75, 3.05) is 46.3 Å². The van der Waals surface area contributed by atoms with Crippen molar-refractivity contribution in [3.05, 3.63) is 16.1 Å². The van der Waals surface area contributed by atoms with E-state index >= 15 is 0 Å². The zero-order valence-corrected chi connectivity index (χ0v) is 17.8. The summed E-state index contributed by atoms with van der Waals surface area (Å²) >= 11 is 0.982. The van der Waals surface area contributed by atoms with Crippen LogP contribution in [0.1, 0.15) is 31.5 Å². The lowest BCUT2D eigenvalue weighted by atomic mass is 10.0. The normalized spacial score (nSPS) is 18.5. The first-order valence-corrected chi connectivity index (χ1v) is 10.5. The first-order chi connectivity index (χ1) is 13.2. The lowest BCUT2D eigenvalue weighted by molar-refractivity contribution is -0.140. The number of hydrogen-bond acceptors (Lipinski definition) is 5. The second-order valence-electron chi connectivity index (χ2n) is 7.35. The maximum atomic E-state index is 12.7. The van der Waals surface area contributed by atoms with Crippen molar-refractivity contribution in [3.63, 3.8) is 0 Å². The lowest BCUT2D eigenvalue weighted by Gasteiger charge is -2.40. The fourth-order valence-corrected chi connectivity index (χ4v) is 3.87. The van der Waals surface area contributed by atoms with Crippen molar-refractivity contribution in [2.24, 2.45) is 10.9 Å². The molecule has 1 fully saturated rings. The minimum absolute atomic E-state index is 0.122. The predicted molar refractivity (Wildman–Crippen MR) is 108 cm³/mol. The summed E-state index contributed by atoms with van der Waals surface area (Å²) in [7, 11) is 2.14. The molecule has 1 aromatic rings. The van der Waals surface area contributed by atoms with E-state index in [4.69, 9.17) is 0 Å². The Labute approximate surface area is 169 Å². The average molecular weight is 421 g/mol. The summed E-state index contributed by atoms with van der Waals surface area (Å²) in [5.41, 5.74) is -0.851. The third-order valence-corrected chi connectivity index (χ3v) is 5.65. The second-order valence-corrected chi connectivity index (χ2v) is 8.29. The van der Waals surface area contributed by atoms with Crippen LogP contribution in [-0.4, -0.2) is 73.1 Å². The number of hydrogen-bond donors (Lipinski definition) is 2. The van der Waals surface area contributed by atoms with E-state index < -0.39 is 11.9 Å². The molecule has 0 aromatic carbocycles. The molecule has 160 valence electrons. The number of alkyl halides is 3. The maximum absolute atomic E-state index is 12.7. The van der Waals surface area contributed by atoms with E-state index in [-0.39, 0.29) is 6.54 Å². The standard InChI is InChI=1S/C18H31F3N6S/c1-5-22-17(24-11-16-25-15(12-28-16)18(19,20)21)23-10-14(13(2)3)27-8-6-26(4)7-9-27/h12-14H,5-11H2,1-4H3,(H2,22,23,24). The van der Waals surface area contributed by atoms with E-state index in [1.165, 1.54) is 0 Å². The molecule has 1 aliphatic heterocycles. The van der Waals surface area contributed by atoms with E-state index in [9.17, 15) is 13.2 Å². The molecule has 0 bridgehead atoms. The van der Waals surface area contributed by atoms with Gasteiger partial charge in [-0.25, -0.2) is 9.98 Å². The predicted octanol–water partition coefficient (Wildman–Crippen LogP) is 2.49. The van der Waals surface area contributed by atoms with E-state index in [2.05, 4.69) is 51.3 Å². The average Bonchev–Trinajstić information content (AvgIpc) is 3.10. The minimum Gasteiger partial charge on any atom is -0.357 e. The summed E-state index contributed by atoms with van der Waals surface area (Å²) in [4.78, 5) is 12.9.